The van der Waals surface area contributed by atoms with Crippen LogP contribution in [0.4, 0.5) is 13.2 Å². The number of hydrogen-bond acceptors (Lipinski definition) is 4. The molecule has 0 spiro atoms. The summed E-state index contributed by atoms with van der Waals surface area (Å²) in [6, 6.07) is 6.69. The first-order chi connectivity index (χ1) is 10.7. The summed E-state index contributed by atoms with van der Waals surface area (Å²) in [5, 5.41) is 14.1. The molecule has 1 aromatic rings. The van der Waals surface area contributed by atoms with Gasteiger partial charge in [0.05, 0.1) is 10.8 Å². The number of fused-ring (bicyclic) bond motifs is 1. The van der Waals surface area contributed by atoms with Crippen molar-refractivity contribution in [2.45, 2.75) is 42.5 Å². The van der Waals surface area contributed by atoms with Crippen LogP contribution >= 0.6 is 0 Å². The highest BCUT2D eigenvalue weighted by Crippen LogP contribution is 2.49. The monoisotopic (exact) mass is 348 g/mol. The molecule has 2 aliphatic rings. The molecule has 5 nitrogen and oxygen atoms in total. The lowest BCUT2D eigenvalue weighted by Crippen LogP contribution is -2.61. The maximum Gasteiger partial charge on any atom is 0.439 e. The fourth-order valence-electron chi connectivity index (χ4n) is 3.11. The molecule has 1 aromatic carbocycles. The van der Waals surface area contributed by atoms with Gasteiger partial charge >= 0.3 is 6.18 Å². The van der Waals surface area contributed by atoms with Crippen molar-refractivity contribution in [2.24, 2.45) is 11.0 Å². The SMILES string of the molecule is O=S(=O)(c1ccccc1)N1N=C2CCCC[C@@H]2[C@@]1(O)C(F)(F)F. The first kappa shape index (κ1) is 16.3. The van der Waals surface area contributed by atoms with Gasteiger partial charge in [0, 0.05) is 5.71 Å². The zero-order chi connectivity index (χ0) is 16.9. The van der Waals surface area contributed by atoms with Crippen molar-refractivity contribution in [3.63, 3.8) is 0 Å². The number of halogens is 3. The van der Waals surface area contributed by atoms with Gasteiger partial charge < -0.3 is 5.11 Å². The Morgan fingerprint density at radius 3 is 2.48 bits per heavy atom. The molecular formula is C14H15F3N2O3S. The Balaban J connectivity index is 2.14. The number of hydrazone groups is 1. The van der Waals surface area contributed by atoms with Crippen molar-refractivity contribution < 1.29 is 26.7 Å². The molecule has 1 aliphatic heterocycles. The maximum absolute atomic E-state index is 13.6. The van der Waals surface area contributed by atoms with E-state index >= 15 is 0 Å². The number of nitrogens with zero attached hydrogens (tertiary/aromatic N) is 2. The van der Waals surface area contributed by atoms with Crippen LogP contribution in [-0.2, 0) is 10.0 Å². The van der Waals surface area contributed by atoms with Crippen molar-refractivity contribution in [2.75, 3.05) is 0 Å². The van der Waals surface area contributed by atoms with E-state index in [9.17, 15) is 26.7 Å². The third-order valence-electron chi connectivity index (χ3n) is 4.26. The zero-order valence-corrected chi connectivity index (χ0v) is 12.8. The zero-order valence-electron chi connectivity index (χ0n) is 12.0. The van der Waals surface area contributed by atoms with Crippen LogP contribution in [0.5, 0.6) is 0 Å². The summed E-state index contributed by atoms with van der Waals surface area (Å²) in [5.74, 6) is -1.35. The highest BCUT2D eigenvalue weighted by molar-refractivity contribution is 7.89. The molecule has 9 heteroatoms. The van der Waals surface area contributed by atoms with Crippen molar-refractivity contribution in [1.82, 2.24) is 4.41 Å². The topological polar surface area (TPSA) is 70.0 Å². The molecule has 0 radical (unpaired) electrons. The standard InChI is InChI=1S/C14H15F3N2O3S/c15-14(16,17)13(20)11-8-4-5-9-12(11)18-19(13)23(21,22)10-6-2-1-3-7-10/h1-3,6-7,11,20H,4-5,8-9H2/t11-,13+/m0/s1. The van der Waals surface area contributed by atoms with Gasteiger partial charge in [-0.1, -0.05) is 24.6 Å². The lowest BCUT2D eigenvalue weighted by molar-refractivity contribution is -0.306. The van der Waals surface area contributed by atoms with Crippen molar-refractivity contribution in [1.29, 1.82) is 0 Å². The van der Waals surface area contributed by atoms with Gasteiger partial charge in [-0.15, -0.1) is 4.41 Å². The van der Waals surface area contributed by atoms with Crippen LogP contribution in [0.1, 0.15) is 25.7 Å². The van der Waals surface area contributed by atoms with Gasteiger partial charge in [0.25, 0.3) is 15.7 Å². The largest absolute Gasteiger partial charge is 0.439 e. The van der Waals surface area contributed by atoms with E-state index in [0.29, 0.717) is 12.8 Å². The molecule has 23 heavy (non-hydrogen) atoms. The predicted molar refractivity (Wildman–Crippen MR) is 75.9 cm³/mol. The molecule has 0 amide bonds. The average molecular weight is 348 g/mol. The number of aliphatic hydroxyl groups is 1. The van der Waals surface area contributed by atoms with Crippen molar-refractivity contribution in [3.05, 3.63) is 30.3 Å². The normalized spacial score (nSPS) is 28.4. The van der Waals surface area contributed by atoms with E-state index in [1.54, 1.807) is 6.07 Å². The molecule has 1 heterocycles. The lowest BCUT2D eigenvalue weighted by atomic mass is 9.81. The summed E-state index contributed by atoms with van der Waals surface area (Å²) in [6.07, 6.45) is -3.73. The summed E-state index contributed by atoms with van der Waals surface area (Å²) < 4.78 is 65.8. The maximum atomic E-state index is 13.6. The minimum Gasteiger partial charge on any atom is -0.361 e. The van der Waals surface area contributed by atoms with E-state index in [1.807, 2.05) is 0 Å². The summed E-state index contributed by atoms with van der Waals surface area (Å²) in [7, 11) is -4.61. The second-order valence-corrected chi connectivity index (χ2v) is 7.44. The number of sulfonamides is 1. The number of benzene rings is 1. The molecule has 126 valence electrons. The third kappa shape index (κ3) is 2.33. The summed E-state index contributed by atoms with van der Waals surface area (Å²) >= 11 is 0. The molecule has 0 aromatic heterocycles. The van der Waals surface area contributed by atoms with Crippen LogP contribution in [0.25, 0.3) is 0 Å². The molecule has 1 aliphatic carbocycles. The third-order valence-corrected chi connectivity index (χ3v) is 5.94. The Morgan fingerprint density at radius 2 is 1.87 bits per heavy atom. The van der Waals surface area contributed by atoms with Gasteiger partial charge in [-0.05, 0) is 31.4 Å². The van der Waals surface area contributed by atoms with Gasteiger partial charge in [0.2, 0.25) is 0 Å². The minimum absolute atomic E-state index is 0.0512. The van der Waals surface area contributed by atoms with Gasteiger partial charge in [-0.25, -0.2) is 0 Å². The van der Waals surface area contributed by atoms with Crippen molar-refractivity contribution >= 4 is 15.7 Å². The molecule has 1 N–H and O–H groups in total. The second kappa shape index (κ2) is 5.20. The fraction of sp³-hybridized carbons (Fsp3) is 0.500. The van der Waals surface area contributed by atoms with Crippen LogP contribution in [-0.4, -0.2) is 35.6 Å². The van der Waals surface area contributed by atoms with Crippen molar-refractivity contribution in [3.8, 4) is 0 Å². The number of alkyl halides is 3. The van der Waals surface area contributed by atoms with E-state index in [2.05, 4.69) is 5.10 Å². The Bertz CT molecular complexity index is 733. The summed E-state index contributed by atoms with van der Waals surface area (Å²) in [5.41, 5.74) is -3.44. The molecule has 0 saturated heterocycles. The quantitative estimate of drug-likeness (QED) is 0.893. The first-order valence-corrected chi connectivity index (χ1v) is 8.60. The highest BCUT2D eigenvalue weighted by atomic mass is 32.2. The average Bonchev–Trinajstić information content (AvgIpc) is 2.84. The fourth-order valence-corrected chi connectivity index (χ4v) is 4.62. The smallest absolute Gasteiger partial charge is 0.361 e. The van der Waals surface area contributed by atoms with E-state index in [4.69, 9.17) is 0 Å². The van der Waals surface area contributed by atoms with E-state index in [0.717, 1.165) is 0 Å². The van der Waals surface area contributed by atoms with Crippen LogP contribution in [0.3, 0.4) is 0 Å². The Kier molecular flexibility index (Phi) is 3.68. The molecule has 2 atom stereocenters. The van der Waals surface area contributed by atoms with Crippen LogP contribution < -0.4 is 0 Å². The summed E-state index contributed by atoms with van der Waals surface area (Å²) in [4.78, 5) is -0.342. The van der Waals surface area contributed by atoms with Crippen LogP contribution in [0.15, 0.2) is 40.3 Å². The van der Waals surface area contributed by atoms with Gasteiger partial charge in [0.1, 0.15) is 0 Å². The van der Waals surface area contributed by atoms with Crippen LogP contribution in [0.2, 0.25) is 0 Å². The molecule has 1 fully saturated rings. The Morgan fingerprint density at radius 1 is 1.22 bits per heavy atom. The van der Waals surface area contributed by atoms with Gasteiger partial charge in [-0.2, -0.15) is 26.7 Å². The first-order valence-electron chi connectivity index (χ1n) is 7.16. The lowest BCUT2D eigenvalue weighted by Gasteiger charge is -2.38. The number of rotatable bonds is 2. The molecular weight excluding hydrogens is 333 g/mol. The van der Waals surface area contributed by atoms with Crippen LogP contribution in [0, 0.1) is 5.92 Å². The molecule has 1 saturated carbocycles. The molecule has 0 unspecified atom stereocenters. The Labute approximate surface area is 131 Å². The van der Waals surface area contributed by atoms with Gasteiger partial charge in [-0.3, -0.25) is 0 Å². The summed E-state index contributed by atoms with van der Waals surface area (Å²) in [6.45, 7) is 0. The van der Waals surface area contributed by atoms with E-state index in [-0.39, 0.29) is 27.9 Å². The molecule has 3 rings (SSSR count). The highest BCUT2D eigenvalue weighted by Gasteiger charge is 2.69. The van der Waals surface area contributed by atoms with E-state index in [1.165, 1.54) is 24.3 Å². The van der Waals surface area contributed by atoms with Gasteiger partial charge in [0.15, 0.2) is 0 Å². The number of hydrogen-bond donors (Lipinski definition) is 1. The predicted octanol–water partition coefficient (Wildman–Crippen LogP) is 2.49. The van der Waals surface area contributed by atoms with E-state index < -0.39 is 27.8 Å². The molecule has 0 bridgehead atoms. The second-order valence-electron chi connectivity index (χ2n) is 5.67. The Hall–Kier alpha value is -1.61. The minimum atomic E-state index is -5.15.